The summed E-state index contributed by atoms with van der Waals surface area (Å²) in [6.07, 6.45) is 3.64. The van der Waals surface area contributed by atoms with Crippen LogP contribution in [-0.4, -0.2) is 30.3 Å². The van der Waals surface area contributed by atoms with Gasteiger partial charge in [-0.25, -0.2) is 4.79 Å². The fourth-order valence-corrected chi connectivity index (χ4v) is 1.55. The van der Waals surface area contributed by atoms with E-state index < -0.39 is 0 Å². The summed E-state index contributed by atoms with van der Waals surface area (Å²) < 4.78 is 0. The molecule has 3 N–H and O–H groups in total. The summed E-state index contributed by atoms with van der Waals surface area (Å²) in [6, 6.07) is -0.0835. The molecule has 0 bridgehead atoms. The van der Waals surface area contributed by atoms with Crippen molar-refractivity contribution in [3.8, 4) is 0 Å². The van der Waals surface area contributed by atoms with Gasteiger partial charge in [-0.05, 0) is 25.2 Å². The molecule has 0 unspecified atom stereocenters. The molecule has 2 amide bonds. The van der Waals surface area contributed by atoms with Gasteiger partial charge in [0, 0.05) is 13.1 Å². The summed E-state index contributed by atoms with van der Waals surface area (Å²) in [6.45, 7) is 3.53. The maximum Gasteiger partial charge on any atom is 0.314 e. The van der Waals surface area contributed by atoms with Crippen LogP contribution in [0.2, 0.25) is 0 Å². The molecule has 1 rings (SSSR count). The summed E-state index contributed by atoms with van der Waals surface area (Å²) >= 11 is 0. The Morgan fingerprint density at radius 3 is 2.71 bits per heavy atom. The van der Waals surface area contributed by atoms with Crippen LogP contribution < -0.4 is 10.6 Å². The number of amides is 2. The van der Waals surface area contributed by atoms with Crippen molar-refractivity contribution in [3.05, 3.63) is 0 Å². The molecule has 0 aromatic carbocycles. The SMILES string of the molecule is CCCCNC(=O)NCC1CC(O)C1. The van der Waals surface area contributed by atoms with Crippen LogP contribution in [-0.2, 0) is 0 Å². The first kappa shape index (κ1) is 11.3. The molecule has 0 aliphatic heterocycles. The molecule has 1 aliphatic rings. The van der Waals surface area contributed by atoms with Gasteiger partial charge in [-0.15, -0.1) is 0 Å². The fraction of sp³-hybridized carbons (Fsp3) is 0.900. The third-order valence-corrected chi connectivity index (χ3v) is 2.58. The highest BCUT2D eigenvalue weighted by atomic mass is 16.3. The van der Waals surface area contributed by atoms with Crippen molar-refractivity contribution < 1.29 is 9.90 Å². The van der Waals surface area contributed by atoms with E-state index >= 15 is 0 Å². The van der Waals surface area contributed by atoms with E-state index in [9.17, 15) is 4.79 Å². The Hall–Kier alpha value is -0.770. The minimum atomic E-state index is -0.134. The van der Waals surface area contributed by atoms with Crippen molar-refractivity contribution in [1.82, 2.24) is 10.6 Å². The second-order valence-corrected chi connectivity index (χ2v) is 3.98. The van der Waals surface area contributed by atoms with Crippen molar-refractivity contribution in [2.24, 2.45) is 5.92 Å². The third-order valence-electron chi connectivity index (χ3n) is 2.58. The summed E-state index contributed by atoms with van der Waals surface area (Å²) in [7, 11) is 0. The second-order valence-electron chi connectivity index (χ2n) is 3.98. The zero-order valence-corrected chi connectivity index (χ0v) is 8.75. The van der Waals surface area contributed by atoms with Gasteiger partial charge in [0.2, 0.25) is 0 Å². The minimum Gasteiger partial charge on any atom is -0.393 e. The predicted molar refractivity (Wildman–Crippen MR) is 55.0 cm³/mol. The van der Waals surface area contributed by atoms with Crippen molar-refractivity contribution in [2.45, 2.75) is 38.7 Å². The van der Waals surface area contributed by atoms with Gasteiger partial charge < -0.3 is 15.7 Å². The van der Waals surface area contributed by atoms with E-state index in [1.54, 1.807) is 0 Å². The highest BCUT2D eigenvalue weighted by Gasteiger charge is 2.26. The monoisotopic (exact) mass is 200 g/mol. The van der Waals surface area contributed by atoms with E-state index in [1.165, 1.54) is 0 Å². The molecule has 1 fully saturated rings. The predicted octanol–water partition coefficient (Wildman–Crippen LogP) is 0.857. The molecule has 0 spiro atoms. The van der Waals surface area contributed by atoms with Gasteiger partial charge in [0.05, 0.1) is 6.10 Å². The van der Waals surface area contributed by atoms with Crippen molar-refractivity contribution >= 4 is 6.03 Å². The lowest BCUT2D eigenvalue weighted by atomic mass is 9.82. The maximum absolute atomic E-state index is 11.2. The standard InChI is InChI=1S/C10H20N2O2/c1-2-3-4-11-10(14)12-7-8-5-9(13)6-8/h8-9,13H,2-7H2,1H3,(H2,11,12,14). The van der Waals surface area contributed by atoms with Crippen LogP contribution in [0.5, 0.6) is 0 Å². The molecule has 0 atom stereocenters. The van der Waals surface area contributed by atoms with Gasteiger partial charge in [-0.3, -0.25) is 0 Å². The number of aliphatic hydroxyl groups is 1. The molecule has 1 saturated carbocycles. The highest BCUT2D eigenvalue weighted by molar-refractivity contribution is 5.73. The largest absolute Gasteiger partial charge is 0.393 e. The maximum atomic E-state index is 11.2. The lowest BCUT2D eigenvalue weighted by Crippen LogP contribution is -2.42. The number of hydrogen-bond acceptors (Lipinski definition) is 2. The highest BCUT2D eigenvalue weighted by Crippen LogP contribution is 2.25. The quantitative estimate of drug-likeness (QED) is 0.576. The smallest absolute Gasteiger partial charge is 0.314 e. The zero-order valence-electron chi connectivity index (χ0n) is 8.75. The Morgan fingerprint density at radius 1 is 1.43 bits per heavy atom. The Balaban J connectivity index is 1.93. The van der Waals surface area contributed by atoms with E-state index in [0.717, 1.165) is 32.2 Å². The second kappa shape index (κ2) is 5.86. The zero-order chi connectivity index (χ0) is 10.4. The summed E-state index contributed by atoms with van der Waals surface area (Å²) in [5.74, 6) is 0.474. The molecule has 4 nitrogen and oxygen atoms in total. The van der Waals surface area contributed by atoms with Crippen LogP contribution in [0, 0.1) is 5.92 Å². The Morgan fingerprint density at radius 2 is 2.14 bits per heavy atom. The average molecular weight is 200 g/mol. The van der Waals surface area contributed by atoms with Gasteiger partial charge in [-0.2, -0.15) is 0 Å². The van der Waals surface area contributed by atoms with Crippen molar-refractivity contribution in [2.75, 3.05) is 13.1 Å². The number of carbonyl (C=O) groups is 1. The summed E-state index contributed by atoms with van der Waals surface area (Å²) in [4.78, 5) is 11.2. The Bertz CT molecular complexity index is 179. The first-order valence-corrected chi connectivity index (χ1v) is 5.42. The number of hydrogen-bond donors (Lipinski definition) is 3. The first-order chi connectivity index (χ1) is 6.72. The number of aliphatic hydroxyl groups excluding tert-OH is 1. The van der Waals surface area contributed by atoms with E-state index in [0.29, 0.717) is 12.5 Å². The third kappa shape index (κ3) is 3.96. The van der Waals surface area contributed by atoms with Gasteiger partial charge in [0.25, 0.3) is 0 Å². The molecule has 0 aromatic rings. The average Bonchev–Trinajstić information content (AvgIpc) is 2.11. The van der Waals surface area contributed by atoms with Gasteiger partial charge in [-0.1, -0.05) is 13.3 Å². The number of urea groups is 1. The van der Waals surface area contributed by atoms with Crippen molar-refractivity contribution in [3.63, 3.8) is 0 Å². The molecule has 0 heterocycles. The number of unbranched alkanes of at least 4 members (excludes halogenated alkanes) is 1. The van der Waals surface area contributed by atoms with Crippen LogP contribution in [0.3, 0.4) is 0 Å². The van der Waals surface area contributed by atoms with E-state index in [4.69, 9.17) is 5.11 Å². The van der Waals surface area contributed by atoms with Crippen LogP contribution in [0.4, 0.5) is 4.79 Å². The lowest BCUT2D eigenvalue weighted by molar-refractivity contribution is 0.0441. The molecule has 82 valence electrons. The van der Waals surface area contributed by atoms with Crippen LogP contribution in [0.1, 0.15) is 32.6 Å². The van der Waals surface area contributed by atoms with Gasteiger partial charge >= 0.3 is 6.03 Å². The van der Waals surface area contributed by atoms with E-state index in [2.05, 4.69) is 17.6 Å². The molecule has 1 aliphatic carbocycles. The minimum absolute atomic E-state index is 0.0835. The molecule has 14 heavy (non-hydrogen) atoms. The number of rotatable bonds is 5. The van der Waals surface area contributed by atoms with Crippen LogP contribution >= 0.6 is 0 Å². The topological polar surface area (TPSA) is 61.4 Å². The van der Waals surface area contributed by atoms with Gasteiger partial charge in [0.15, 0.2) is 0 Å². The number of nitrogens with one attached hydrogen (secondary N) is 2. The molecular weight excluding hydrogens is 180 g/mol. The molecule has 4 heteroatoms. The Labute approximate surface area is 85.1 Å². The molecular formula is C10H20N2O2. The molecule has 0 aromatic heterocycles. The normalized spacial score (nSPS) is 25.3. The molecule has 0 saturated heterocycles. The summed E-state index contributed by atoms with van der Waals surface area (Å²) in [5.41, 5.74) is 0. The first-order valence-electron chi connectivity index (χ1n) is 5.42. The van der Waals surface area contributed by atoms with E-state index in [1.807, 2.05) is 0 Å². The Kier molecular flexibility index (Phi) is 4.73. The van der Waals surface area contributed by atoms with Crippen LogP contribution in [0.15, 0.2) is 0 Å². The van der Waals surface area contributed by atoms with Gasteiger partial charge in [0.1, 0.15) is 0 Å². The number of carbonyl (C=O) groups excluding carboxylic acids is 1. The molecule has 0 radical (unpaired) electrons. The van der Waals surface area contributed by atoms with Crippen LogP contribution in [0.25, 0.3) is 0 Å². The van der Waals surface area contributed by atoms with Crippen molar-refractivity contribution in [1.29, 1.82) is 0 Å². The fourth-order valence-electron chi connectivity index (χ4n) is 1.55. The van der Waals surface area contributed by atoms with E-state index in [-0.39, 0.29) is 12.1 Å². The summed E-state index contributed by atoms with van der Waals surface area (Å²) in [5, 5.41) is 14.6. The lowest BCUT2D eigenvalue weighted by Gasteiger charge is -2.31.